The molecule has 1 N–H and O–H groups in total. The van der Waals surface area contributed by atoms with Gasteiger partial charge in [-0.15, -0.1) is 0 Å². The van der Waals surface area contributed by atoms with E-state index in [4.69, 9.17) is 11.6 Å². The zero-order valence-electron chi connectivity index (χ0n) is 10.3. The Bertz CT molecular complexity index is 727. The summed E-state index contributed by atoms with van der Waals surface area (Å²) in [4.78, 5) is 0.00502. The van der Waals surface area contributed by atoms with E-state index < -0.39 is 10.0 Å². The van der Waals surface area contributed by atoms with Gasteiger partial charge in [-0.1, -0.05) is 35.9 Å². The standard InChI is InChI=1S/C14H11ClFNO2S/c15-13-3-1-2-4-14(13)20(18,19)17-10-9-11-5-7-12(16)8-6-11/h1-10,17H/b10-9+. The van der Waals surface area contributed by atoms with E-state index in [9.17, 15) is 12.8 Å². The first-order valence-electron chi connectivity index (χ1n) is 5.68. The van der Waals surface area contributed by atoms with Crippen molar-refractivity contribution < 1.29 is 12.8 Å². The average molecular weight is 312 g/mol. The van der Waals surface area contributed by atoms with Crippen molar-refractivity contribution in [3.63, 3.8) is 0 Å². The molecule has 0 spiro atoms. The van der Waals surface area contributed by atoms with E-state index in [1.54, 1.807) is 12.1 Å². The molecule has 0 bridgehead atoms. The van der Waals surface area contributed by atoms with Crippen LogP contribution in [0.3, 0.4) is 0 Å². The molecule has 0 saturated heterocycles. The first-order chi connectivity index (χ1) is 9.49. The van der Waals surface area contributed by atoms with E-state index in [-0.39, 0.29) is 15.7 Å². The van der Waals surface area contributed by atoms with Crippen LogP contribution in [0.4, 0.5) is 4.39 Å². The largest absolute Gasteiger partial charge is 0.286 e. The smallest absolute Gasteiger partial charge is 0.262 e. The zero-order valence-corrected chi connectivity index (χ0v) is 11.8. The highest BCUT2D eigenvalue weighted by Crippen LogP contribution is 2.20. The molecule has 0 aliphatic rings. The molecule has 2 aromatic carbocycles. The second-order valence-electron chi connectivity index (χ2n) is 3.94. The average Bonchev–Trinajstić information content (AvgIpc) is 2.41. The first kappa shape index (κ1) is 14.6. The van der Waals surface area contributed by atoms with Gasteiger partial charge in [0.25, 0.3) is 10.0 Å². The Labute approximate surface area is 121 Å². The van der Waals surface area contributed by atoms with Crippen LogP contribution in [0.15, 0.2) is 59.6 Å². The van der Waals surface area contributed by atoms with Gasteiger partial charge in [0.05, 0.1) is 5.02 Å². The second kappa shape index (κ2) is 6.07. The van der Waals surface area contributed by atoms with Crippen molar-refractivity contribution in [2.75, 3.05) is 0 Å². The normalized spacial score (nSPS) is 11.7. The number of hydrogen-bond donors (Lipinski definition) is 1. The van der Waals surface area contributed by atoms with Gasteiger partial charge in [-0.25, -0.2) is 12.8 Å². The molecule has 0 aliphatic carbocycles. The van der Waals surface area contributed by atoms with Crippen molar-refractivity contribution in [2.24, 2.45) is 0 Å². The van der Waals surface area contributed by atoms with E-state index in [0.29, 0.717) is 5.56 Å². The maximum Gasteiger partial charge on any atom is 0.262 e. The number of nitrogens with one attached hydrogen (secondary N) is 1. The Kier molecular flexibility index (Phi) is 4.42. The van der Waals surface area contributed by atoms with Crippen LogP contribution in [0, 0.1) is 5.82 Å². The highest BCUT2D eigenvalue weighted by atomic mass is 35.5. The summed E-state index contributed by atoms with van der Waals surface area (Å²) in [6, 6.07) is 11.8. The Morgan fingerprint density at radius 1 is 1.05 bits per heavy atom. The number of sulfonamides is 1. The van der Waals surface area contributed by atoms with Crippen molar-refractivity contribution in [1.29, 1.82) is 0 Å². The minimum Gasteiger partial charge on any atom is -0.286 e. The predicted molar refractivity (Wildman–Crippen MR) is 77.2 cm³/mol. The van der Waals surface area contributed by atoms with Crippen molar-refractivity contribution >= 4 is 27.7 Å². The number of benzene rings is 2. The second-order valence-corrected chi connectivity index (χ2v) is 6.03. The monoisotopic (exact) mass is 311 g/mol. The quantitative estimate of drug-likeness (QED) is 0.940. The summed E-state index contributed by atoms with van der Waals surface area (Å²) in [7, 11) is -3.71. The lowest BCUT2D eigenvalue weighted by Gasteiger charge is -2.05. The molecule has 20 heavy (non-hydrogen) atoms. The molecule has 0 aliphatic heterocycles. The van der Waals surface area contributed by atoms with Crippen molar-refractivity contribution in [3.05, 3.63) is 71.1 Å². The molecule has 2 rings (SSSR count). The molecule has 3 nitrogen and oxygen atoms in total. The third-order valence-corrected chi connectivity index (χ3v) is 4.32. The predicted octanol–water partition coefficient (Wildman–Crippen LogP) is 3.43. The van der Waals surface area contributed by atoms with Crippen LogP contribution in [-0.2, 0) is 10.0 Å². The first-order valence-corrected chi connectivity index (χ1v) is 7.54. The minimum atomic E-state index is -3.71. The highest BCUT2D eigenvalue weighted by molar-refractivity contribution is 7.89. The molecule has 0 heterocycles. The van der Waals surface area contributed by atoms with Gasteiger partial charge >= 0.3 is 0 Å². The minimum absolute atomic E-state index is 0.00502. The van der Waals surface area contributed by atoms with Crippen LogP contribution in [0.25, 0.3) is 6.08 Å². The summed E-state index contributed by atoms with van der Waals surface area (Å²) in [6.45, 7) is 0. The van der Waals surface area contributed by atoms with E-state index in [1.165, 1.54) is 48.7 Å². The number of rotatable bonds is 4. The Morgan fingerprint density at radius 3 is 2.35 bits per heavy atom. The van der Waals surface area contributed by atoms with Crippen LogP contribution in [0.5, 0.6) is 0 Å². The summed E-state index contributed by atoms with van der Waals surface area (Å²) < 4.78 is 39.0. The van der Waals surface area contributed by atoms with Crippen LogP contribution < -0.4 is 4.72 Å². The summed E-state index contributed by atoms with van der Waals surface area (Å²) in [5, 5.41) is 0.148. The van der Waals surface area contributed by atoms with Gasteiger partial charge in [-0.05, 0) is 35.9 Å². The molecule has 0 atom stereocenters. The van der Waals surface area contributed by atoms with Crippen LogP contribution >= 0.6 is 11.6 Å². The lowest BCUT2D eigenvalue weighted by molar-refractivity contribution is 0.591. The lowest BCUT2D eigenvalue weighted by Crippen LogP contribution is -2.18. The van der Waals surface area contributed by atoms with Gasteiger partial charge in [0.15, 0.2) is 0 Å². The maximum atomic E-state index is 12.7. The summed E-state index contributed by atoms with van der Waals surface area (Å²) in [5.41, 5.74) is 0.674. The summed E-state index contributed by atoms with van der Waals surface area (Å²) >= 11 is 5.84. The molecule has 104 valence electrons. The van der Waals surface area contributed by atoms with Gasteiger partial charge in [-0.3, -0.25) is 4.72 Å². The molecule has 0 amide bonds. The van der Waals surface area contributed by atoms with E-state index in [2.05, 4.69) is 4.72 Å². The SMILES string of the molecule is O=S(=O)(N/C=C/c1ccc(F)cc1)c1ccccc1Cl. The van der Waals surface area contributed by atoms with E-state index >= 15 is 0 Å². The zero-order chi connectivity index (χ0) is 14.6. The van der Waals surface area contributed by atoms with E-state index in [1.807, 2.05) is 0 Å². The molecule has 0 fully saturated rings. The number of halogens is 2. The molecule has 0 unspecified atom stereocenters. The fourth-order valence-corrected chi connectivity index (χ4v) is 2.92. The molecule has 2 aromatic rings. The third-order valence-electron chi connectivity index (χ3n) is 2.50. The van der Waals surface area contributed by atoms with Gasteiger partial charge < -0.3 is 0 Å². The van der Waals surface area contributed by atoms with Gasteiger partial charge in [-0.2, -0.15) is 0 Å². The Morgan fingerprint density at radius 2 is 1.70 bits per heavy atom. The molecular formula is C14H11ClFNO2S. The van der Waals surface area contributed by atoms with E-state index in [0.717, 1.165) is 0 Å². The molecule has 6 heteroatoms. The van der Waals surface area contributed by atoms with Crippen molar-refractivity contribution in [2.45, 2.75) is 4.90 Å². The highest BCUT2D eigenvalue weighted by Gasteiger charge is 2.14. The van der Waals surface area contributed by atoms with Crippen molar-refractivity contribution in [3.8, 4) is 0 Å². The fourth-order valence-electron chi connectivity index (χ4n) is 1.52. The fraction of sp³-hybridized carbons (Fsp3) is 0. The molecular weight excluding hydrogens is 301 g/mol. The Balaban J connectivity index is 2.14. The Hall–Kier alpha value is -1.85. The third kappa shape index (κ3) is 3.59. The molecule has 0 radical (unpaired) electrons. The molecule has 0 aromatic heterocycles. The lowest BCUT2D eigenvalue weighted by atomic mass is 10.2. The maximum absolute atomic E-state index is 12.7. The van der Waals surface area contributed by atoms with Gasteiger partial charge in [0.2, 0.25) is 0 Å². The van der Waals surface area contributed by atoms with Crippen LogP contribution in [0.2, 0.25) is 5.02 Å². The van der Waals surface area contributed by atoms with Crippen LogP contribution in [-0.4, -0.2) is 8.42 Å². The van der Waals surface area contributed by atoms with Crippen molar-refractivity contribution in [1.82, 2.24) is 4.72 Å². The topological polar surface area (TPSA) is 46.2 Å². The van der Waals surface area contributed by atoms with Crippen LogP contribution in [0.1, 0.15) is 5.56 Å². The molecule has 0 saturated carbocycles. The van der Waals surface area contributed by atoms with Gasteiger partial charge in [0, 0.05) is 6.20 Å². The summed E-state index contributed by atoms with van der Waals surface area (Å²) in [6.07, 6.45) is 2.79. The number of hydrogen-bond acceptors (Lipinski definition) is 2. The van der Waals surface area contributed by atoms with Gasteiger partial charge in [0.1, 0.15) is 10.7 Å². The summed E-state index contributed by atoms with van der Waals surface area (Å²) in [5.74, 6) is -0.348.